The van der Waals surface area contributed by atoms with Gasteiger partial charge in [0.25, 0.3) is 0 Å². The molecule has 0 saturated heterocycles. The molecule has 0 fully saturated rings. The van der Waals surface area contributed by atoms with Crippen molar-refractivity contribution in [3.05, 3.63) is 12.2 Å². The smallest absolute Gasteiger partial charge is 0.246 e. The van der Waals surface area contributed by atoms with Gasteiger partial charge >= 0.3 is 0 Å². The van der Waals surface area contributed by atoms with Crippen LogP contribution in [0.2, 0.25) is 39.3 Å². The summed E-state index contributed by atoms with van der Waals surface area (Å²) in [6, 6.07) is 0. The van der Waals surface area contributed by atoms with Crippen molar-refractivity contribution in [2.75, 3.05) is 13.1 Å². The summed E-state index contributed by atoms with van der Waals surface area (Å²) < 4.78 is 2.74. The fourth-order valence-electron chi connectivity index (χ4n) is 2.27. The number of carbonyl (C=O) groups excluding carboxylic acids is 1. The van der Waals surface area contributed by atoms with Crippen molar-refractivity contribution in [3.8, 4) is 0 Å². The van der Waals surface area contributed by atoms with Gasteiger partial charge in [-0.25, -0.2) is 0 Å². The molecule has 0 rings (SSSR count). The van der Waals surface area contributed by atoms with Gasteiger partial charge in [-0.1, -0.05) is 45.9 Å². The lowest BCUT2D eigenvalue weighted by Gasteiger charge is -2.43. The molecule has 1 N–H and O–H groups in total. The third-order valence-electron chi connectivity index (χ3n) is 2.85. The van der Waals surface area contributed by atoms with E-state index in [4.69, 9.17) is 0 Å². The largest absolute Gasteiger partial charge is 0.352 e. The van der Waals surface area contributed by atoms with E-state index in [0.717, 1.165) is 19.5 Å². The topological polar surface area (TPSA) is 32.3 Å². The Morgan fingerprint density at radius 3 is 1.89 bits per heavy atom. The number of hydrogen-bond acceptors (Lipinski definition) is 2. The Kier molecular flexibility index (Phi) is 6.53. The first-order valence-corrected chi connectivity index (χ1v) is 13.6. The van der Waals surface area contributed by atoms with Crippen LogP contribution >= 0.6 is 0 Å². The van der Waals surface area contributed by atoms with Gasteiger partial charge in [-0.15, -0.1) is 0 Å². The van der Waals surface area contributed by atoms with Gasteiger partial charge in [0.05, 0.1) is 0 Å². The second-order valence-electron chi connectivity index (χ2n) is 6.88. The molecule has 106 valence electrons. The summed E-state index contributed by atoms with van der Waals surface area (Å²) in [6.45, 7) is 21.6. The van der Waals surface area contributed by atoms with E-state index in [9.17, 15) is 4.79 Å². The number of nitrogens with one attached hydrogen (secondary N) is 1. The minimum Gasteiger partial charge on any atom is -0.352 e. The molecule has 0 aliphatic rings. The molecule has 0 radical (unpaired) electrons. The first kappa shape index (κ1) is 17.6. The summed E-state index contributed by atoms with van der Waals surface area (Å²) in [5, 5.41) is 2.91. The third-order valence-corrected chi connectivity index (χ3v) is 10.6. The molecule has 0 atom stereocenters. The van der Waals surface area contributed by atoms with Crippen LogP contribution in [0.15, 0.2) is 12.2 Å². The molecule has 0 aliphatic carbocycles. The number of nitrogens with zero attached hydrogens (tertiary/aromatic N) is 1. The van der Waals surface area contributed by atoms with Crippen LogP contribution in [0, 0.1) is 0 Å². The first-order chi connectivity index (χ1) is 7.96. The average molecular weight is 287 g/mol. The highest BCUT2D eigenvalue weighted by Gasteiger charge is 2.33. The van der Waals surface area contributed by atoms with Crippen LogP contribution in [-0.4, -0.2) is 39.7 Å². The number of hydrogen-bond donors (Lipinski definition) is 1. The lowest BCUT2D eigenvalue weighted by Crippen LogP contribution is -2.59. The fourth-order valence-corrected chi connectivity index (χ4v) is 12.0. The van der Waals surface area contributed by atoms with Crippen LogP contribution < -0.4 is 5.32 Å². The van der Waals surface area contributed by atoms with Gasteiger partial charge in [0, 0.05) is 12.1 Å². The maximum atomic E-state index is 11.4. The molecule has 0 heterocycles. The molecule has 0 bridgehead atoms. The standard InChI is InChI=1S/C13H30N2OSi2/c1-12(2)13(16)14-10-9-11-15(17(3,4)5)18(6,7)8/h1,9-11H2,2-8H3,(H,14,16). The Balaban J connectivity index is 4.24. The second-order valence-corrected chi connectivity index (χ2v) is 17.1. The molecule has 0 spiro atoms. The molecule has 5 heteroatoms. The van der Waals surface area contributed by atoms with E-state index in [1.807, 2.05) is 0 Å². The Morgan fingerprint density at radius 2 is 1.56 bits per heavy atom. The number of amides is 1. The maximum Gasteiger partial charge on any atom is 0.246 e. The van der Waals surface area contributed by atoms with Crippen LogP contribution in [0.3, 0.4) is 0 Å². The quantitative estimate of drug-likeness (QED) is 0.443. The molecule has 18 heavy (non-hydrogen) atoms. The molecule has 3 nitrogen and oxygen atoms in total. The molecule has 0 unspecified atom stereocenters. The van der Waals surface area contributed by atoms with Crippen molar-refractivity contribution in [2.24, 2.45) is 0 Å². The van der Waals surface area contributed by atoms with Gasteiger partial charge in [0.1, 0.15) is 16.5 Å². The fraction of sp³-hybridized carbons (Fsp3) is 0.769. The SMILES string of the molecule is C=C(C)C(=O)NCCCN([Si](C)(C)C)[Si](C)(C)C. The van der Waals surface area contributed by atoms with Crippen molar-refractivity contribution in [1.29, 1.82) is 0 Å². The Morgan fingerprint density at radius 1 is 1.11 bits per heavy atom. The minimum atomic E-state index is -1.26. The Labute approximate surface area is 115 Å². The molecule has 0 saturated carbocycles. The van der Waals surface area contributed by atoms with Crippen LogP contribution in [0.5, 0.6) is 0 Å². The van der Waals surface area contributed by atoms with Gasteiger partial charge < -0.3 is 9.55 Å². The monoisotopic (exact) mass is 286 g/mol. The van der Waals surface area contributed by atoms with Crippen molar-refractivity contribution in [1.82, 2.24) is 9.55 Å². The lowest BCUT2D eigenvalue weighted by molar-refractivity contribution is -0.117. The third kappa shape index (κ3) is 6.51. The van der Waals surface area contributed by atoms with Crippen molar-refractivity contribution in [3.63, 3.8) is 0 Å². The first-order valence-electron chi connectivity index (χ1n) is 6.67. The van der Waals surface area contributed by atoms with Gasteiger partial charge in [0.15, 0.2) is 0 Å². The zero-order valence-corrected chi connectivity index (χ0v) is 15.2. The summed E-state index contributed by atoms with van der Waals surface area (Å²) in [7, 11) is -2.51. The summed E-state index contributed by atoms with van der Waals surface area (Å²) in [5.74, 6) is -0.0254. The molecule has 1 amide bonds. The maximum absolute atomic E-state index is 11.4. The highest BCUT2D eigenvalue weighted by molar-refractivity contribution is 6.89. The van der Waals surface area contributed by atoms with Gasteiger partial charge in [0.2, 0.25) is 5.91 Å². The highest BCUT2D eigenvalue weighted by Crippen LogP contribution is 2.19. The molecule has 0 aromatic rings. The Bertz CT molecular complexity index is 289. The molecule has 0 aromatic carbocycles. The van der Waals surface area contributed by atoms with E-state index in [1.165, 1.54) is 0 Å². The van der Waals surface area contributed by atoms with E-state index in [0.29, 0.717) is 5.57 Å². The minimum absolute atomic E-state index is 0.0254. The average Bonchev–Trinajstić information content (AvgIpc) is 2.12. The van der Waals surface area contributed by atoms with E-state index < -0.39 is 16.5 Å². The zero-order valence-electron chi connectivity index (χ0n) is 13.2. The number of carbonyl (C=O) groups is 1. The van der Waals surface area contributed by atoms with Crippen LogP contribution in [0.25, 0.3) is 0 Å². The highest BCUT2D eigenvalue weighted by atomic mass is 28.4. The molecular formula is C13H30N2OSi2. The van der Waals surface area contributed by atoms with E-state index in [2.05, 4.69) is 55.4 Å². The molecule has 0 aliphatic heterocycles. The summed E-state index contributed by atoms with van der Waals surface area (Å²) in [5.41, 5.74) is 0.585. The van der Waals surface area contributed by atoms with Crippen LogP contribution in [0.4, 0.5) is 0 Å². The zero-order chi connectivity index (χ0) is 14.6. The van der Waals surface area contributed by atoms with Crippen molar-refractivity contribution >= 4 is 22.4 Å². The van der Waals surface area contributed by atoms with Gasteiger partial charge in [-0.2, -0.15) is 0 Å². The molecular weight excluding hydrogens is 256 g/mol. The van der Waals surface area contributed by atoms with Gasteiger partial charge in [-0.3, -0.25) is 4.79 Å². The Hall–Kier alpha value is -0.396. The lowest BCUT2D eigenvalue weighted by atomic mass is 10.3. The van der Waals surface area contributed by atoms with Crippen molar-refractivity contribution in [2.45, 2.75) is 52.6 Å². The van der Waals surface area contributed by atoms with E-state index in [1.54, 1.807) is 6.92 Å². The predicted molar refractivity (Wildman–Crippen MR) is 85.8 cm³/mol. The predicted octanol–water partition coefficient (Wildman–Crippen LogP) is 3.04. The van der Waals surface area contributed by atoms with E-state index >= 15 is 0 Å². The molecule has 0 aromatic heterocycles. The number of rotatable bonds is 7. The van der Waals surface area contributed by atoms with Crippen LogP contribution in [-0.2, 0) is 4.79 Å². The summed E-state index contributed by atoms with van der Waals surface area (Å²) in [4.78, 5) is 11.4. The normalized spacial score (nSPS) is 12.7. The second kappa shape index (κ2) is 6.68. The van der Waals surface area contributed by atoms with Crippen molar-refractivity contribution < 1.29 is 4.79 Å². The summed E-state index contributed by atoms with van der Waals surface area (Å²) >= 11 is 0. The van der Waals surface area contributed by atoms with E-state index in [-0.39, 0.29) is 5.91 Å². The van der Waals surface area contributed by atoms with Crippen LogP contribution in [0.1, 0.15) is 13.3 Å². The van der Waals surface area contributed by atoms with Gasteiger partial charge in [-0.05, 0) is 19.9 Å². The summed E-state index contributed by atoms with van der Waals surface area (Å²) in [6.07, 6.45) is 1.02.